The predicted octanol–water partition coefficient (Wildman–Crippen LogP) is 1.62. The van der Waals surface area contributed by atoms with Crippen LogP contribution in [0.1, 0.15) is 19.4 Å². The van der Waals surface area contributed by atoms with E-state index in [4.69, 9.17) is 10.5 Å². The van der Waals surface area contributed by atoms with Crippen LogP contribution in [0.4, 0.5) is 0 Å². The normalized spacial score (nSPS) is 10.6. The van der Waals surface area contributed by atoms with Crippen molar-refractivity contribution in [2.75, 3.05) is 13.2 Å². The van der Waals surface area contributed by atoms with Gasteiger partial charge in [-0.3, -0.25) is 4.98 Å². The molecule has 14 heavy (non-hydrogen) atoms. The highest BCUT2D eigenvalue weighted by atomic mass is 16.5. The molecular weight excluding hydrogens is 176 g/mol. The zero-order valence-electron chi connectivity index (χ0n) is 8.86. The number of ether oxygens (including phenoxy) is 1. The third-order valence-electron chi connectivity index (χ3n) is 1.86. The molecule has 1 aromatic rings. The van der Waals surface area contributed by atoms with Gasteiger partial charge in [-0.2, -0.15) is 0 Å². The van der Waals surface area contributed by atoms with Gasteiger partial charge in [0.25, 0.3) is 0 Å². The maximum absolute atomic E-state index is 5.63. The Kier molecular flexibility index (Phi) is 4.40. The molecule has 0 bridgehead atoms. The van der Waals surface area contributed by atoms with Gasteiger partial charge in [0, 0.05) is 6.20 Å². The summed E-state index contributed by atoms with van der Waals surface area (Å²) in [5.41, 5.74) is 6.65. The first-order valence-electron chi connectivity index (χ1n) is 4.99. The molecule has 0 aliphatic heterocycles. The van der Waals surface area contributed by atoms with Crippen molar-refractivity contribution in [2.45, 2.75) is 20.3 Å². The molecule has 1 rings (SSSR count). The zero-order valence-corrected chi connectivity index (χ0v) is 8.86. The monoisotopic (exact) mass is 194 g/mol. The van der Waals surface area contributed by atoms with Crippen LogP contribution in [0, 0.1) is 5.92 Å². The van der Waals surface area contributed by atoms with Crippen LogP contribution < -0.4 is 10.5 Å². The summed E-state index contributed by atoms with van der Waals surface area (Å²) in [7, 11) is 0. The van der Waals surface area contributed by atoms with Crippen molar-refractivity contribution in [3.8, 4) is 5.75 Å². The third-order valence-corrected chi connectivity index (χ3v) is 1.86. The molecule has 0 aromatic carbocycles. The summed E-state index contributed by atoms with van der Waals surface area (Å²) in [4.78, 5) is 4.04. The molecule has 0 aliphatic rings. The zero-order chi connectivity index (χ0) is 10.4. The highest BCUT2D eigenvalue weighted by Crippen LogP contribution is 2.17. The second kappa shape index (κ2) is 5.60. The van der Waals surface area contributed by atoms with Gasteiger partial charge in [0.05, 0.1) is 12.8 Å². The summed E-state index contributed by atoms with van der Waals surface area (Å²) >= 11 is 0. The molecule has 3 nitrogen and oxygen atoms in total. The molecular formula is C11H18N2O. The first-order valence-corrected chi connectivity index (χ1v) is 4.99. The Labute approximate surface area is 85.3 Å². The van der Waals surface area contributed by atoms with E-state index in [1.54, 1.807) is 12.4 Å². The summed E-state index contributed by atoms with van der Waals surface area (Å²) in [6.45, 7) is 5.61. The second-order valence-electron chi connectivity index (χ2n) is 3.73. The average molecular weight is 194 g/mol. The van der Waals surface area contributed by atoms with Crippen molar-refractivity contribution in [1.29, 1.82) is 0 Å². The van der Waals surface area contributed by atoms with Gasteiger partial charge < -0.3 is 10.5 Å². The molecule has 78 valence electrons. The van der Waals surface area contributed by atoms with Crippen molar-refractivity contribution >= 4 is 0 Å². The summed E-state index contributed by atoms with van der Waals surface area (Å²) in [5, 5.41) is 0. The maximum Gasteiger partial charge on any atom is 0.140 e. The van der Waals surface area contributed by atoms with Crippen LogP contribution in [0.2, 0.25) is 0 Å². The largest absolute Gasteiger partial charge is 0.491 e. The van der Waals surface area contributed by atoms with Gasteiger partial charge in [-0.05, 0) is 30.5 Å². The van der Waals surface area contributed by atoms with Crippen molar-refractivity contribution < 1.29 is 4.74 Å². The Morgan fingerprint density at radius 1 is 1.50 bits per heavy atom. The SMILES string of the molecule is CC(C)COc1cnccc1CCN. The van der Waals surface area contributed by atoms with Gasteiger partial charge in [0.15, 0.2) is 0 Å². The number of nitrogens with two attached hydrogens (primary N) is 1. The first-order chi connectivity index (χ1) is 6.74. The molecule has 0 spiro atoms. The van der Waals surface area contributed by atoms with Crippen LogP contribution >= 0.6 is 0 Å². The van der Waals surface area contributed by atoms with Gasteiger partial charge in [-0.1, -0.05) is 13.8 Å². The lowest BCUT2D eigenvalue weighted by molar-refractivity contribution is 0.267. The molecule has 0 saturated heterocycles. The average Bonchev–Trinajstić information content (AvgIpc) is 2.17. The van der Waals surface area contributed by atoms with Crippen LogP contribution in [0.25, 0.3) is 0 Å². The Bertz CT molecular complexity index is 274. The third kappa shape index (κ3) is 3.34. The van der Waals surface area contributed by atoms with E-state index in [1.165, 1.54) is 0 Å². The quantitative estimate of drug-likeness (QED) is 0.774. The minimum atomic E-state index is 0.529. The van der Waals surface area contributed by atoms with Gasteiger partial charge in [-0.25, -0.2) is 0 Å². The molecule has 1 heterocycles. The van der Waals surface area contributed by atoms with E-state index in [-0.39, 0.29) is 0 Å². The minimum absolute atomic E-state index is 0.529. The van der Waals surface area contributed by atoms with E-state index in [2.05, 4.69) is 18.8 Å². The molecule has 0 atom stereocenters. The summed E-state index contributed by atoms with van der Waals surface area (Å²) in [5.74, 6) is 1.40. The van der Waals surface area contributed by atoms with Gasteiger partial charge in [0.1, 0.15) is 5.75 Å². The highest BCUT2D eigenvalue weighted by molar-refractivity contribution is 5.29. The fourth-order valence-electron chi connectivity index (χ4n) is 1.16. The molecule has 0 unspecified atom stereocenters. The van der Waals surface area contributed by atoms with Crippen LogP contribution in [0.15, 0.2) is 18.5 Å². The number of pyridine rings is 1. The molecule has 0 amide bonds. The number of nitrogens with zero attached hydrogens (tertiary/aromatic N) is 1. The maximum atomic E-state index is 5.63. The predicted molar refractivity (Wildman–Crippen MR) is 57.3 cm³/mol. The lowest BCUT2D eigenvalue weighted by Crippen LogP contribution is -2.09. The van der Waals surface area contributed by atoms with Gasteiger partial charge >= 0.3 is 0 Å². The van der Waals surface area contributed by atoms with Crippen LogP contribution in [-0.4, -0.2) is 18.1 Å². The van der Waals surface area contributed by atoms with E-state index < -0.39 is 0 Å². The molecule has 2 N–H and O–H groups in total. The lowest BCUT2D eigenvalue weighted by atomic mass is 10.2. The van der Waals surface area contributed by atoms with Crippen LogP contribution in [-0.2, 0) is 6.42 Å². The van der Waals surface area contributed by atoms with E-state index in [9.17, 15) is 0 Å². The Morgan fingerprint density at radius 3 is 2.93 bits per heavy atom. The standard InChI is InChI=1S/C11H18N2O/c1-9(2)8-14-11-7-13-6-4-10(11)3-5-12/h4,6-7,9H,3,5,8,12H2,1-2H3. The summed E-state index contributed by atoms with van der Waals surface area (Å²) < 4.78 is 5.63. The number of hydrogen-bond donors (Lipinski definition) is 1. The molecule has 1 aromatic heterocycles. The molecule has 3 heteroatoms. The van der Waals surface area contributed by atoms with Crippen molar-refractivity contribution in [2.24, 2.45) is 11.7 Å². The fourth-order valence-corrected chi connectivity index (χ4v) is 1.16. The summed E-state index contributed by atoms with van der Waals surface area (Å²) in [6, 6.07) is 1.96. The minimum Gasteiger partial charge on any atom is -0.491 e. The number of hydrogen-bond acceptors (Lipinski definition) is 3. The van der Waals surface area contributed by atoms with Gasteiger partial charge in [-0.15, -0.1) is 0 Å². The van der Waals surface area contributed by atoms with Gasteiger partial charge in [0.2, 0.25) is 0 Å². The first kappa shape index (κ1) is 11.0. The molecule has 0 saturated carbocycles. The van der Waals surface area contributed by atoms with Crippen LogP contribution in [0.5, 0.6) is 5.75 Å². The lowest BCUT2D eigenvalue weighted by Gasteiger charge is -2.11. The van der Waals surface area contributed by atoms with Crippen molar-refractivity contribution in [3.05, 3.63) is 24.0 Å². The molecule has 0 radical (unpaired) electrons. The van der Waals surface area contributed by atoms with Crippen molar-refractivity contribution in [1.82, 2.24) is 4.98 Å². The molecule has 0 aliphatic carbocycles. The molecule has 0 fully saturated rings. The van der Waals surface area contributed by atoms with E-state index in [0.29, 0.717) is 12.5 Å². The second-order valence-corrected chi connectivity index (χ2v) is 3.73. The van der Waals surface area contributed by atoms with E-state index >= 15 is 0 Å². The summed E-state index contributed by atoms with van der Waals surface area (Å²) in [6.07, 6.45) is 4.37. The topological polar surface area (TPSA) is 48.1 Å². The smallest absolute Gasteiger partial charge is 0.140 e. The Morgan fingerprint density at radius 2 is 2.29 bits per heavy atom. The fraction of sp³-hybridized carbons (Fsp3) is 0.545. The number of rotatable bonds is 5. The van der Waals surface area contributed by atoms with Crippen molar-refractivity contribution in [3.63, 3.8) is 0 Å². The number of aromatic nitrogens is 1. The Balaban J connectivity index is 2.64. The van der Waals surface area contributed by atoms with E-state index in [1.807, 2.05) is 6.07 Å². The Hall–Kier alpha value is -1.09. The highest BCUT2D eigenvalue weighted by Gasteiger charge is 2.03. The van der Waals surface area contributed by atoms with Crippen LogP contribution in [0.3, 0.4) is 0 Å². The van der Waals surface area contributed by atoms with E-state index in [0.717, 1.165) is 24.3 Å².